The van der Waals surface area contributed by atoms with Gasteiger partial charge in [-0.15, -0.1) is 0 Å². The van der Waals surface area contributed by atoms with Crippen molar-refractivity contribution in [3.63, 3.8) is 0 Å². The summed E-state index contributed by atoms with van der Waals surface area (Å²) in [4.78, 5) is 27.2. The first-order valence-electron chi connectivity index (χ1n) is 9.60. The third kappa shape index (κ3) is 4.00. The number of nitrogens with zero attached hydrogens (tertiary/aromatic N) is 1. The lowest BCUT2D eigenvalue weighted by Crippen LogP contribution is -2.43. The van der Waals surface area contributed by atoms with Crippen molar-refractivity contribution in [2.45, 2.75) is 58.0 Å². The molecule has 1 saturated heterocycles. The van der Waals surface area contributed by atoms with Crippen molar-refractivity contribution in [3.8, 4) is 0 Å². The number of likely N-dealkylation sites (tertiary alicyclic amines) is 1. The summed E-state index contributed by atoms with van der Waals surface area (Å²) in [6, 6.07) is 6.25. The summed E-state index contributed by atoms with van der Waals surface area (Å²) in [7, 11) is 0. The average molecular weight is 438 g/mol. The van der Waals surface area contributed by atoms with E-state index in [1.807, 2.05) is 33.8 Å². The van der Waals surface area contributed by atoms with Crippen LogP contribution in [0.1, 0.15) is 51.7 Å². The molecule has 0 radical (unpaired) electrons. The van der Waals surface area contributed by atoms with Gasteiger partial charge >= 0.3 is 12.1 Å². The van der Waals surface area contributed by atoms with Gasteiger partial charge in [0.1, 0.15) is 5.60 Å². The number of rotatable bonds is 2. The molecule has 27 heavy (non-hydrogen) atoms. The number of ether oxygens (including phenoxy) is 2. The minimum absolute atomic E-state index is 0.223. The standard InChI is InChI=1S/C21H28BrNO4/c1-5-26-18(24)17-12-23(19(25)27-20(2,3)4)13-21(17)10-6-7-14-11-15(22)8-9-16(14)21/h8-9,11,17H,5-7,10,12-13H2,1-4H3/t17-,21-/m0/s1. The Hall–Kier alpha value is -1.56. The minimum atomic E-state index is -0.568. The summed E-state index contributed by atoms with van der Waals surface area (Å²) >= 11 is 3.55. The molecule has 0 saturated carbocycles. The second kappa shape index (κ2) is 7.46. The van der Waals surface area contributed by atoms with Crippen molar-refractivity contribution >= 4 is 28.0 Å². The number of aryl methyl sites for hydroxylation is 1. The molecule has 1 heterocycles. The number of esters is 1. The van der Waals surface area contributed by atoms with E-state index in [1.165, 1.54) is 11.1 Å². The molecule has 0 unspecified atom stereocenters. The van der Waals surface area contributed by atoms with Crippen LogP contribution < -0.4 is 0 Å². The first kappa shape index (κ1) is 20.2. The van der Waals surface area contributed by atoms with E-state index in [0.29, 0.717) is 19.7 Å². The van der Waals surface area contributed by atoms with Crippen LogP contribution in [0.5, 0.6) is 0 Å². The average Bonchev–Trinajstić information content (AvgIpc) is 2.94. The van der Waals surface area contributed by atoms with Gasteiger partial charge in [-0.2, -0.15) is 0 Å². The van der Waals surface area contributed by atoms with Crippen LogP contribution in [0.4, 0.5) is 4.79 Å². The Kier molecular flexibility index (Phi) is 5.57. The predicted molar refractivity (Wildman–Crippen MR) is 107 cm³/mol. The summed E-state index contributed by atoms with van der Waals surface area (Å²) in [5.74, 6) is -0.593. The quantitative estimate of drug-likeness (QED) is 0.641. The molecule has 1 aliphatic heterocycles. The van der Waals surface area contributed by atoms with Gasteiger partial charge in [-0.3, -0.25) is 4.79 Å². The monoisotopic (exact) mass is 437 g/mol. The Morgan fingerprint density at radius 1 is 1.33 bits per heavy atom. The van der Waals surface area contributed by atoms with Crippen LogP contribution in [0.25, 0.3) is 0 Å². The molecule has 1 aliphatic carbocycles. The van der Waals surface area contributed by atoms with Crippen molar-refractivity contribution in [1.29, 1.82) is 0 Å². The van der Waals surface area contributed by atoms with Gasteiger partial charge < -0.3 is 14.4 Å². The Morgan fingerprint density at radius 2 is 2.07 bits per heavy atom. The molecule has 0 bridgehead atoms. The molecule has 1 fully saturated rings. The highest BCUT2D eigenvalue weighted by molar-refractivity contribution is 9.10. The molecule has 1 aromatic carbocycles. The fraction of sp³-hybridized carbons (Fsp3) is 0.619. The SMILES string of the molecule is CCOC(=O)[C@@H]1CN(C(=O)OC(C)(C)C)C[C@]12CCCc1cc(Br)ccc12. The number of hydrogen-bond acceptors (Lipinski definition) is 4. The Balaban J connectivity index is 1.99. The smallest absolute Gasteiger partial charge is 0.410 e. The Bertz CT molecular complexity index is 742. The van der Waals surface area contributed by atoms with Crippen LogP contribution in [0, 0.1) is 5.92 Å². The number of carbonyl (C=O) groups is 2. The van der Waals surface area contributed by atoms with Crippen molar-refractivity contribution in [3.05, 3.63) is 33.8 Å². The number of benzene rings is 1. The fourth-order valence-electron chi connectivity index (χ4n) is 4.43. The Morgan fingerprint density at radius 3 is 2.74 bits per heavy atom. The van der Waals surface area contributed by atoms with E-state index in [0.717, 1.165) is 23.7 Å². The normalized spacial score (nSPS) is 24.6. The van der Waals surface area contributed by atoms with Crippen molar-refractivity contribution in [2.75, 3.05) is 19.7 Å². The van der Waals surface area contributed by atoms with E-state index >= 15 is 0 Å². The number of hydrogen-bond donors (Lipinski definition) is 0. The van der Waals surface area contributed by atoms with Gasteiger partial charge in [-0.1, -0.05) is 22.0 Å². The summed E-state index contributed by atoms with van der Waals surface area (Å²) in [5, 5.41) is 0. The summed E-state index contributed by atoms with van der Waals surface area (Å²) in [6.45, 7) is 8.54. The fourth-order valence-corrected chi connectivity index (χ4v) is 4.84. The van der Waals surface area contributed by atoms with Crippen molar-refractivity contribution in [2.24, 2.45) is 5.92 Å². The zero-order valence-electron chi connectivity index (χ0n) is 16.5. The molecule has 1 aromatic rings. The van der Waals surface area contributed by atoms with Crippen LogP contribution in [0.3, 0.4) is 0 Å². The van der Waals surface area contributed by atoms with Crippen LogP contribution in [-0.2, 0) is 26.1 Å². The molecule has 3 rings (SSSR count). The lowest BCUT2D eigenvalue weighted by molar-refractivity contribution is -0.149. The molecular formula is C21H28BrNO4. The van der Waals surface area contributed by atoms with Gasteiger partial charge in [0, 0.05) is 23.0 Å². The van der Waals surface area contributed by atoms with Gasteiger partial charge in [0.05, 0.1) is 12.5 Å². The highest BCUT2D eigenvalue weighted by atomic mass is 79.9. The summed E-state index contributed by atoms with van der Waals surface area (Å²) in [5.41, 5.74) is 1.44. The van der Waals surface area contributed by atoms with E-state index in [9.17, 15) is 9.59 Å². The third-order valence-electron chi connectivity index (χ3n) is 5.44. The molecule has 0 N–H and O–H groups in total. The highest BCUT2D eigenvalue weighted by Crippen LogP contribution is 2.48. The number of fused-ring (bicyclic) bond motifs is 2. The minimum Gasteiger partial charge on any atom is -0.466 e. The number of amides is 1. The lowest BCUT2D eigenvalue weighted by atomic mass is 9.64. The summed E-state index contributed by atoms with van der Waals surface area (Å²) < 4.78 is 12.0. The molecule has 1 amide bonds. The molecule has 0 aromatic heterocycles. The molecule has 6 heteroatoms. The van der Waals surface area contributed by atoms with Crippen molar-refractivity contribution in [1.82, 2.24) is 4.90 Å². The van der Waals surface area contributed by atoms with Gasteiger partial charge in [0.2, 0.25) is 0 Å². The maximum Gasteiger partial charge on any atom is 0.410 e. The Labute approximate surface area is 169 Å². The van der Waals surface area contributed by atoms with Gasteiger partial charge in [0.15, 0.2) is 0 Å². The van der Waals surface area contributed by atoms with E-state index < -0.39 is 11.0 Å². The largest absolute Gasteiger partial charge is 0.466 e. The highest BCUT2D eigenvalue weighted by Gasteiger charge is 2.55. The zero-order chi connectivity index (χ0) is 19.8. The van der Waals surface area contributed by atoms with Gasteiger partial charge in [-0.25, -0.2) is 4.79 Å². The van der Waals surface area contributed by atoms with Gasteiger partial charge in [-0.05, 0) is 70.2 Å². The molecule has 2 aliphatic rings. The lowest BCUT2D eigenvalue weighted by Gasteiger charge is -2.39. The second-order valence-corrected chi connectivity index (χ2v) is 9.39. The molecule has 1 spiro atoms. The van der Waals surface area contributed by atoms with E-state index in [1.54, 1.807) is 4.90 Å². The summed E-state index contributed by atoms with van der Waals surface area (Å²) in [6.07, 6.45) is 2.47. The number of carbonyl (C=O) groups excluding carboxylic acids is 2. The number of halogens is 1. The predicted octanol–water partition coefficient (Wildman–Crippen LogP) is 4.45. The first-order chi connectivity index (χ1) is 12.7. The van der Waals surface area contributed by atoms with E-state index in [-0.39, 0.29) is 18.0 Å². The van der Waals surface area contributed by atoms with Crippen LogP contribution in [0.2, 0.25) is 0 Å². The third-order valence-corrected chi connectivity index (χ3v) is 5.93. The van der Waals surface area contributed by atoms with Crippen LogP contribution >= 0.6 is 15.9 Å². The first-order valence-corrected chi connectivity index (χ1v) is 10.4. The second-order valence-electron chi connectivity index (χ2n) is 8.48. The molecular weight excluding hydrogens is 410 g/mol. The molecule has 2 atom stereocenters. The van der Waals surface area contributed by atoms with Crippen LogP contribution in [0.15, 0.2) is 22.7 Å². The van der Waals surface area contributed by atoms with E-state index in [2.05, 4.69) is 28.1 Å². The maximum atomic E-state index is 12.8. The van der Waals surface area contributed by atoms with E-state index in [4.69, 9.17) is 9.47 Å². The topological polar surface area (TPSA) is 55.8 Å². The zero-order valence-corrected chi connectivity index (χ0v) is 18.1. The molecule has 5 nitrogen and oxygen atoms in total. The molecule has 148 valence electrons. The van der Waals surface area contributed by atoms with Gasteiger partial charge in [0.25, 0.3) is 0 Å². The van der Waals surface area contributed by atoms with Crippen molar-refractivity contribution < 1.29 is 19.1 Å². The van der Waals surface area contributed by atoms with Crippen LogP contribution in [-0.4, -0.2) is 42.3 Å². The maximum absolute atomic E-state index is 12.8.